The van der Waals surface area contributed by atoms with Gasteiger partial charge in [0, 0.05) is 19.6 Å². The highest BCUT2D eigenvalue weighted by Gasteiger charge is 2.21. The Morgan fingerprint density at radius 1 is 1.48 bits per heavy atom. The summed E-state index contributed by atoms with van der Waals surface area (Å²) in [6.07, 6.45) is 0. The molecule has 1 N–H and O–H groups in total. The molecule has 1 fully saturated rings. The van der Waals surface area contributed by atoms with E-state index in [2.05, 4.69) is 21.2 Å². The smallest absolute Gasteiger partial charge is 0.239 e. The molecule has 0 aliphatic carbocycles. The van der Waals surface area contributed by atoms with Crippen LogP contribution in [0.3, 0.4) is 0 Å². The molecule has 0 saturated carbocycles. The number of rotatable bonds is 5. The molecule has 1 amide bonds. The molecule has 1 heterocycles. The number of carbonyl (C=O) groups is 1. The molecule has 0 aromatic heterocycles. The van der Waals surface area contributed by atoms with Crippen LogP contribution in [0.25, 0.3) is 0 Å². The number of benzene rings is 1. The Balaban J connectivity index is 1.86. The van der Waals surface area contributed by atoms with Gasteiger partial charge in [-0.1, -0.05) is 6.07 Å². The minimum atomic E-state index is -0.205. The highest BCUT2D eigenvalue weighted by Crippen LogP contribution is 2.25. The second-order valence-electron chi connectivity index (χ2n) is 5.01. The number of ether oxygens (including phenoxy) is 2. The van der Waals surface area contributed by atoms with E-state index < -0.39 is 0 Å². The van der Waals surface area contributed by atoms with Gasteiger partial charge in [0.05, 0.1) is 30.8 Å². The van der Waals surface area contributed by atoms with E-state index in [1.807, 2.05) is 30.0 Å². The average Bonchev–Trinajstić information content (AvgIpc) is 2.52. The topological polar surface area (TPSA) is 50.8 Å². The summed E-state index contributed by atoms with van der Waals surface area (Å²) in [5.74, 6) is 0.932. The van der Waals surface area contributed by atoms with Gasteiger partial charge >= 0.3 is 0 Å². The molecule has 21 heavy (non-hydrogen) atoms. The van der Waals surface area contributed by atoms with Crippen LogP contribution in [0.5, 0.6) is 5.75 Å². The number of nitrogens with zero attached hydrogens (tertiary/aromatic N) is 1. The van der Waals surface area contributed by atoms with Crippen LogP contribution in [0.15, 0.2) is 22.7 Å². The van der Waals surface area contributed by atoms with Gasteiger partial charge in [0.25, 0.3) is 0 Å². The highest BCUT2D eigenvalue weighted by molar-refractivity contribution is 9.10. The van der Waals surface area contributed by atoms with Crippen molar-refractivity contribution in [2.75, 3.05) is 33.4 Å². The highest BCUT2D eigenvalue weighted by atomic mass is 79.9. The van der Waals surface area contributed by atoms with Gasteiger partial charge in [-0.25, -0.2) is 0 Å². The zero-order valence-corrected chi connectivity index (χ0v) is 14.0. The number of hydrogen-bond donors (Lipinski definition) is 1. The third-order valence-electron chi connectivity index (χ3n) is 3.52. The molecule has 1 aliphatic rings. The van der Waals surface area contributed by atoms with Crippen molar-refractivity contribution in [2.45, 2.75) is 19.5 Å². The second kappa shape index (κ2) is 7.77. The van der Waals surface area contributed by atoms with Crippen molar-refractivity contribution in [2.24, 2.45) is 0 Å². The molecule has 1 aromatic carbocycles. The molecule has 6 heteroatoms. The Hall–Kier alpha value is -1.11. The van der Waals surface area contributed by atoms with Crippen molar-refractivity contribution in [1.82, 2.24) is 10.2 Å². The van der Waals surface area contributed by atoms with Crippen LogP contribution in [-0.2, 0) is 16.1 Å². The molecule has 1 aromatic rings. The molecular weight excluding hydrogens is 336 g/mol. The maximum absolute atomic E-state index is 12.3. The lowest BCUT2D eigenvalue weighted by Crippen LogP contribution is -2.49. The van der Waals surface area contributed by atoms with Crippen molar-refractivity contribution in [3.8, 4) is 5.75 Å². The fraction of sp³-hybridized carbons (Fsp3) is 0.533. The Bertz CT molecular complexity index is 490. The van der Waals surface area contributed by atoms with Gasteiger partial charge in [-0.2, -0.15) is 0 Å². The number of nitrogens with one attached hydrogen (secondary N) is 1. The van der Waals surface area contributed by atoms with Gasteiger partial charge in [0.1, 0.15) is 5.75 Å². The number of methoxy groups -OCH3 is 1. The predicted octanol–water partition coefficient (Wildman–Crippen LogP) is 1.79. The van der Waals surface area contributed by atoms with Gasteiger partial charge in [-0.3, -0.25) is 4.79 Å². The van der Waals surface area contributed by atoms with Gasteiger partial charge in [-0.15, -0.1) is 0 Å². The summed E-state index contributed by atoms with van der Waals surface area (Å²) in [5, 5.41) is 3.27. The molecule has 0 bridgehead atoms. The zero-order valence-electron chi connectivity index (χ0n) is 12.4. The van der Waals surface area contributed by atoms with Gasteiger partial charge in [0.2, 0.25) is 5.91 Å². The van der Waals surface area contributed by atoms with Crippen LogP contribution < -0.4 is 10.1 Å². The SMILES string of the molecule is COc1ccc(CNC(C)C(=O)N2CCOCC2)cc1Br. The van der Waals surface area contributed by atoms with E-state index in [0.717, 1.165) is 15.8 Å². The van der Waals surface area contributed by atoms with Crippen LogP contribution in [0.1, 0.15) is 12.5 Å². The zero-order chi connectivity index (χ0) is 15.2. The van der Waals surface area contributed by atoms with Gasteiger partial charge < -0.3 is 19.7 Å². The average molecular weight is 357 g/mol. The maximum Gasteiger partial charge on any atom is 0.239 e. The van der Waals surface area contributed by atoms with E-state index in [1.165, 1.54) is 0 Å². The molecular formula is C15H21BrN2O3. The summed E-state index contributed by atoms with van der Waals surface area (Å²) in [6, 6.07) is 5.69. The standard InChI is InChI=1S/C15H21BrN2O3/c1-11(15(19)18-5-7-21-8-6-18)17-10-12-3-4-14(20-2)13(16)9-12/h3-4,9,11,17H,5-8,10H2,1-2H3. The molecule has 1 atom stereocenters. The molecule has 1 saturated heterocycles. The largest absolute Gasteiger partial charge is 0.496 e. The summed E-state index contributed by atoms with van der Waals surface area (Å²) >= 11 is 3.46. The lowest BCUT2D eigenvalue weighted by Gasteiger charge is -2.29. The Kier molecular flexibility index (Phi) is 6.02. The van der Waals surface area contributed by atoms with Crippen LogP contribution in [0.2, 0.25) is 0 Å². The summed E-state index contributed by atoms with van der Waals surface area (Å²) in [6.45, 7) is 5.15. The molecule has 5 nitrogen and oxygen atoms in total. The third-order valence-corrected chi connectivity index (χ3v) is 4.14. The normalized spacial score (nSPS) is 16.6. The van der Waals surface area contributed by atoms with E-state index in [9.17, 15) is 4.79 Å². The van der Waals surface area contributed by atoms with Crippen LogP contribution >= 0.6 is 15.9 Å². The van der Waals surface area contributed by atoms with Crippen molar-refractivity contribution in [1.29, 1.82) is 0 Å². The van der Waals surface area contributed by atoms with Gasteiger partial charge in [-0.05, 0) is 40.5 Å². The Morgan fingerprint density at radius 2 is 2.19 bits per heavy atom. The van der Waals surface area contributed by atoms with E-state index in [-0.39, 0.29) is 11.9 Å². The summed E-state index contributed by atoms with van der Waals surface area (Å²) in [4.78, 5) is 14.1. The number of hydrogen-bond acceptors (Lipinski definition) is 4. The van der Waals surface area contributed by atoms with E-state index >= 15 is 0 Å². The number of carbonyl (C=O) groups excluding carboxylic acids is 1. The van der Waals surface area contributed by atoms with Crippen molar-refractivity contribution < 1.29 is 14.3 Å². The fourth-order valence-corrected chi connectivity index (χ4v) is 2.82. The van der Waals surface area contributed by atoms with Crippen LogP contribution in [0.4, 0.5) is 0 Å². The fourth-order valence-electron chi connectivity index (χ4n) is 2.24. The summed E-state index contributed by atoms with van der Waals surface area (Å²) in [7, 11) is 1.64. The molecule has 0 spiro atoms. The number of amides is 1. The van der Waals surface area contributed by atoms with Crippen molar-refractivity contribution >= 4 is 21.8 Å². The first-order chi connectivity index (χ1) is 10.1. The van der Waals surface area contributed by atoms with Crippen LogP contribution in [-0.4, -0.2) is 50.3 Å². The van der Waals surface area contributed by atoms with E-state index in [0.29, 0.717) is 32.8 Å². The summed E-state index contributed by atoms with van der Waals surface area (Å²) in [5.41, 5.74) is 1.10. The van der Waals surface area contributed by atoms with E-state index in [4.69, 9.17) is 9.47 Å². The molecule has 2 rings (SSSR count). The molecule has 1 unspecified atom stereocenters. The number of halogens is 1. The van der Waals surface area contributed by atoms with Gasteiger partial charge in [0.15, 0.2) is 0 Å². The first-order valence-electron chi connectivity index (χ1n) is 7.04. The third kappa shape index (κ3) is 4.43. The van der Waals surface area contributed by atoms with Crippen molar-refractivity contribution in [3.05, 3.63) is 28.2 Å². The molecule has 1 aliphatic heterocycles. The van der Waals surface area contributed by atoms with E-state index in [1.54, 1.807) is 7.11 Å². The lowest BCUT2D eigenvalue weighted by atomic mass is 10.2. The predicted molar refractivity (Wildman–Crippen MR) is 84.4 cm³/mol. The Morgan fingerprint density at radius 3 is 2.81 bits per heavy atom. The second-order valence-corrected chi connectivity index (χ2v) is 5.86. The summed E-state index contributed by atoms with van der Waals surface area (Å²) < 4.78 is 11.4. The first-order valence-corrected chi connectivity index (χ1v) is 7.83. The quantitative estimate of drug-likeness (QED) is 0.873. The lowest BCUT2D eigenvalue weighted by molar-refractivity contribution is -0.137. The number of morpholine rings is 1. The minimum absolute atomic E-state index is 0.130. The van der Waals surface area contributed by atoms with Crippen molar-refractivity contribution in [3.63, 3.8) is 0 Å². The van der Waals surface area contributed by atoms with Crippen LogP contribution in [0, 0.1) is 0 Å². The molecule has 116 valence electrons. The Labute approximate surface area is 133 Å². The monoisotopic (exact) mass is 356 g/mol. The minimum Gasteiger partial charge on any atom is -0.496 e. The molecule has 0 radical (unpaired) electrons. The first kappa shape index (κ1) is 16.3. The maximum atomic E-state index is 12.3.